The monoisotopic (exact) mass is 302 g/mol. The first-order chi connectivity index (χ1) is 10.3. The maximum absolute atomic E-state index is 14.4. The molecule has 0 amide bonds. The van der Waals surface area contributed by atoms with Crippen molar-refractivity contribution in [3.63, 3.8) is 0 Å². The molecular formula is C18H26BFNO. The molecule has 1 heterocycles. The predicted octanol–water partition coefficient (Wildman–Crippen LogP) is 3.24. The van der Waals surface area contributed by atoms with Crippen molar-refractivity contribution in [3.05, 3.63) is 35.7 Å². The van der Waals surface area contributed by atoms with Gasteiger partial charge in [0.05, 0.1) is 0 Å². The van der Waals surface area contributed by atoms with Gasteiger partial charge in [-0.15, -0.1) is 0 Å². The molecule has 0 unspecified atom stereocenters. The number of benzene rings is 1. The molecule has 0 spiro atoms. The van der Waals surface area contributed by atoms with Gasteiger partial charge in [0.25, 0.3) is 0 Å². The average molecular weight is 302 g/mol. The van der Waals surface area contributed by atoms with Crippen molar-refractivity contribution >= 4 is 18.5 Å². The van der Waals surface area contributed by atoms with Crippen LogP contribution in [0.25, 0.3) is 5.57 Å². The molecule has 1 aromatic rings. The smallest absolute Gasteiger partial charge is 0.330 e. The third kappa shape index (κ3) is 4.20. The Bertz CT molecular complexity index is 554. The van der Waals surface area contributed by atoms with Crippen LogP contribution in [0.5, 0.6) is 0 Å². The van der Waals surface area contributed by atoms with Crippen LogP contribution in [-0.2, 0) is 4.65 Å². The van der Waals surface area contributed by atoms with Crippen molar-refractivity contribution in [2.24, 2.45) is 5.92 Å². The molecule has 22 heavy (non-hydrogen) atoms. The van der Waals surface area contributed by atoms with E-state index in [1.807, 2.05) is 26.0 Å². The lowest BCUT2D eigenvalue weighted by atomic mass is 9.83. The molecule has 0 aliphatic carbocycles. The lowest BCUT2D eigenvalue weighted by Crippen LogP contribution is -2.36. The number of nitrogens with zero attached hydrogens (tertiary/aromatic N) is 1. The topological polar surface area (TPSA) is 12.5 Å². The molecule has 0 fully saturated rings. The van der Waals surface area contributed by atoms with Crippen LogP contribution in [0.1, 0.15) is 39.7 Å². The highest BCUT2D eigenvalue weighted by Crippen LogP contribution is 2.24. The molecule has 0 N–H and O–H groups in total. The van der Waals surface area contributed by atoms with E-state index in [1.54, 1.807) is 13.5 Å². The van der Waals surface area contributed by atoms with Crippen molar-refractivity contribution in [3.8, 4) is 0 Å². The van der Waals surface area contributed by atoms with Crippen molar-refractivity contribution in [2.45, 2.75) is 39.7 Å². The first kappa shape index (κ1) is 17.2. The molecule has 0 saturated heterocycles. The van der Waals surface area contributed by atoms with Crippen LogP contribution in [-0.4, -0.2) is 38.1 Å². The second-order valence-electron chi connectivity index (χ2n) is 6.97. The Morgan fingerprint density at radius 3 is 2.59 bits per heavy atom. The van der Waals surface area contributed by atoms with E-state index in [1.165, 1.54) is 0 Å². The van der Waals surface area contributed by atoms with E-state index in [4.69, 9.17) is 4.65 Å². The third-order valence-electron chi connectivity index (χ3n) is 4.64. The number of hydrogen-bond acceptors (Lipinski definition) is 2. The van der Waals surface area contributed by atoms with Crippen LogP contribution in [0.4, 0.5) is 4.39 Å². The Morgan fingerprint density at radius 1 is 1.32 bits per heavy atom. The Labute approximate surface area is 134 Å². The third-order valence-corrected chi connectivity index (χ3v) is 4.64. The number of likely N-dealkylation sites (N-methyl/N-ethyl adjacent to an activating group) is 1. The summed E-state index contributed by atoms with van der Waals surface area (Å²) in [5, 5.41) is 0. The summed E-state index contributed by atoms with van der Waals surface area (Å²) in [6, 6.07) is 5.35. The molecule has 1 aliphatic rings. The molecular weight excluding hydrogens is 276 g/mol. The number of rotatable bonds is 5. The van der Waals surface area contributed by atoms with E-state index in [0.717, 1.165) is 30.5 Å². The summed E-state index contributed by atoms with van der Waals surface area (Å²) in [6.07, 6.45) is 3.01. The highest BCUT2D eigenvalue weighted by molar-refractivity contribution is 6.47. The molecule has 1 aliphatic heterocycles. The molecule has 2 rings (SSSR count). The largest absolute Gasteiger partial charge is 0.429 e. The van der Waals surface area contributed by atoms with Gasteiger partial charge in [-0.25, -0.2) is 4.39 Å². The molecule has 0 aromatic heterocycles. The first-order valence-corrected chi connectivity index (χ1v) is 7.98. The highest BCUT2D eigenvalue weighted by Gasteiger charge is 2.23. The van der Waals surface area contributed by atoms with Gasteiger partial charge in [0.1, 0.15) is 5.82 Å². The van der Waals surface area contributed by atoms with Gasteiger partial charge >= 0.3 is 7.48 Å². The fourth-order valence-corrected chi connectivity index (χ4v) is 2.24. The van der Waals surface area contributed by atoms with Crippen LogP contribution in [0.15, 0.2) is 24.3 Å². The molecule has 1 radical (unpaired) electrons. The highest BCUT2D eigenvalue weighted by atomic mass is 19.1. The normalized spacial score (nSPS) is 16.8. The van der Waals surface area contributed by atoms with Crippen LogP contribution in [0.3, 0.4) is 0 Å². The summed E-state index contributed by atoms with van der Waals surface area (Å²) in [5.74, 6) is 0.216. The van der Waals surface area contributed by atoms with Crippen molar-refractivity contribution in [2.75, 3.05) is 20.1 Å². The molecule has 0 atom stereocenters. The summed E-state index contributed by atoms with van der Waals surface area (Å²) >= 11 is 0. The maximum atomic E-state index is 14.4. The summed E-state index contributed by atoms with van der Waals surface area (Å²) in [5.41, 5.74) is 2.33. The number of hydrogen-bond donors (Lipinski definition) is 0. The SMILES string of the molecule is CC(C)C(C)(C)O[B]c1ccc(C2=CCN(C)CC2)c(F)c1. The van der Waals surface area contributed by atoms with Gasteiger partial charge in [-0.2, -0.15) is 0 Å². The predicted molar refractivity (Wildman–Crippen MR) is 91.9 cm³/mol. The zero-order valence-corrected chi connectivity index (χ0v) is 14.3. The second kappa shape index (κ2) is 6.97. The van der Waals surface area contributed by atoms with Gasteiger partial charge in [0.15, 0.2) is 0 Å². The first-order valence-electron chi connectivity index (χ1n) is 7.98. The minimum absolute atomic E-state index is 0.171. The van der Waals surface area contributed by atoms with E-state index in [0.29, 0.717) is 11.5 Å². The minimum Gasteiger partial charge on any atom is -0.429 e. The molecule has 4 heteroatoms. The van der Waals surface area contributed by atoms with Crippen LogP contribution < -0.4 is 5.46 Å². The Hall–Kier alpha value is -1.13. The van der Waals surface area contributed by atoms with Crippen molar-refractivity contribution in [1.29, 1.82) is 0 Å². The zero-order chi connectivity index (χ0) is 16.3. The summed E-state index contributed by atoms with van der Waals surface area (Å²) in [4.78, 5) is 2.23. The molecule has 0 bridgehead atoms. The van der Waals surface area contributed by atoms with Gasteiger partial charge in [-0.3, -0.25) is 0 Å². The quantitative estimate of drug-likeness (QED) is 0.774. The van der Waals surface area contributed by atoms with E-state index >= 15 is 0 Å². The fourth-order valence-electron chi connectivity index (χ4n) is 2.24. The van der Waals surface area contributed by atoms with Gasteiger partial charge in [0.2, 0.25) is 0 Å². The van der Waals surface area contributed by atoms with E-state index in [2.05, 4.69) is 31.9 Å². The summed E-state index contributed by atoms with van der Waals surface area (Å²) in [7, 11) is 3.74. The van der Waals surface area contributed by atoms with Gasteiger partial charge in [-0.05, 0) is 44.9 Å². The maximum Gasteiger partial charge on any atom is 0.330 e. The Balaban J connectivity index is 2.07. The lowest BCUT2D eigenvalue weighted by molar-refractivity contribution is 0.0668. The van der Waals surface area contributed by atoms with Crippen LogP contribution in [0.2, 0.25) is 0 Å². The molecule has 2 nitrogen and oxygen atoms in total. The standard InChI is InChI=1S/C18H26BFNO/c1-13(2)18(3,4)22-19-15-6-7-16(17(20)12-15)14-8-10-21(5)11-9-14/h6-8,12-13H,9-11H2,1-5H3. The van der Waals surface area contributed by atoms with E-state index in [-0.39, 0.29) is 11.4 Å². The molecule has 1 aromatic carbocycles. The Kier molecular flexibility index (Phi) is 5.46. The van der Waals surface area contributed by atoms with E-state index in [9.17, 15) is 4.39 Å². The van der Waals surface area contributed by atoms with Gasteiger partial charge in [-0.1, -0.05) is 37.5 Å². The lowest BCUT2D eigenvalue weighted by Gasteiger charge is -2.30. The summed E-state index contributed by atoms with van der Waals surface area (Å²) in [6.45, 7) is 10.2. The second-order valence-corrected chi connectivity index (χ2v) is 6.97. The fraction of sp³-hybridized carbons (Fsp3) is 0.556. The minimum atomic E-state index is -0.258. The summed E-state index contributed by atoms with van der Waals surface area (Å²) < 4.78 is 20.2. The van der Waals surface area contributed by atoms with Crippen molar-refractivity contribution in [1.82, 2.24) is 4.90 Å². The van der Waals surface area contributed by atoms with E-state index < -0.39 is 0 Å². The zero-order valence-electron chi connectivity index (χ0n) is 14.3. The van der Waals surface area contributed by atoms with Gasteiger partial charge < -0.3 is 9.55 Å². The van der Waals surface area contributed by atoms with Crippen molar-refractivity contribution < 1.29 is 9.04 Å². The molecule has 0 saturated carbocycles. The van der Waals surface area contributed by atoms with Crippen LogP contribution in [0, 0.1) is 11.7 Å². The van der Waals surface area contributed by atoms with Gasteiger partial charge in [0, 0.05) is 24.3 Å². The Morgan fingerprint density at radius 2 is 2.05 bits per heavy atom. The number of halogens is 1. The molecule has 119 valence electrons. The average Bonchev–Trinajstić information content (AvgIpc) is 2.46. The van der Waals surface area contributed by atoms with Crippen LogP contribution >= 0.6 is 0 Å².